The van der Waals surface area contributed by atoms with E-state index in [0.29, 0.717) is 12.2 Å². The molecule has 0 aromatic heterocycles. The molecule has 0 saturated carbocycles. The average Bonchev–Trinajstić information content (AvgIpc) is 2.37. The van der Waals surface area contributed by atoms with Crippen molar-refractivity contribution in [2.45, 2.75) is 26.7 Å². The van der Waals surface area contributed by atoms with Crippen molar-refractivity contribution in [2.75, 3.05) is 0 Å². The van der Waals surface area contributed by atoms with Crippen molar-refractivity contribution in [3.05, 3.63) is 22.8 Å². The smallest absolute Gasteiger partial charge is 0.204 e. The predicted octanol–water partition coefficient (Wildman–Crippen LogP) is 1.63. The lowest BCUT2D eigenvalue weighted by Crippen LogP contribution is -2.36. The Morgan fingerprint density at radius 2 is 1.90 bits per heavy atom. The van der Waals surface area contributed by atoms with Gasteiger partial charge in [0.1, 0.15) is 17.7 Å². The number of rotatable bonds is 1. The van der Waals surface area contributed by atoms with Crippen LogP contribution < -0.4 is 5.73 Å². The SMILES string of the molecule is CC1(C)CC(=O)C2=C(C1)OC(N)=C(C#N)C2C(C#N)C#N. The van der Waals surface area contributed by atoms with Gasteiger partial charge < -0.3 is 10.5 Å². The lowest BCUT2D eigenvalue weighted by Gasteiger charge is -2.37. The first-order chi connectivity index (χ1) is 9.84. The number of carbonyl (C=O) groups is 1. The summed E-state index contributed by atoms with van der Waals surface area (Å²) in [5, 5.41) is 27.5. The molecule has 6 heteroatoms. The van der Waals surface area contributed by atoms with Gasteiger partial charge in [-0.3, -0.25) is 4.79 Å². The van der Waals surface area contributed by atoms with Gasteiger partial charge in [-0.15, -0.1) is 0 Å². The molecule has 2 N–H and O–H groups in total. The lowest BCUT2D eigenvalue weighted by molar-refractivity contribution is -0.119. The zero-order valence-corrected chi connectivity index (χ0v) is 11.8. The predicted molar refractivity (Wildman–Crippen MR) is 71.2 cm³/mol. The van der Waals surface area contributed by atoms with Gasteiger partial charge in [-0.05, 0) is 5.41 Å². The van der Waals surface area contributed by atoms with Crippen LogP contribution in [0, 0.1) is 51.2 Å². The van der Waals surface area contributed by atoms with Gasteiger partial charge in [0.15, 0.2) is 5.78 Å². The Morgan fingerprint density at radius 1 is 1.29 bits per heavy atom. The average molecular weight is 282 g/mol. The first-order valence-electron chi connectivity index (χ1n) is 6.47. The van der Waals surface area contributed by atoms with Crippen molar-refractivity contribution in [2.24, 2.45) is 23.0 Å². The van der Waals surface area contributed by atoms with Crippen LogP contribution in [0.15, 0.2) is 22.8 Å². The number of nitrogens with two attached hydrogens (primary N) is 1. The molecule has 1 heterocycles. The fraction of sp³-hybridized carbons (Fsp3) is 0.467. The monoisotopic (exact) mass is 282 g/mol. The highest BCUT2D eigenvalue weighted by molar-refractivity contribution is 5.99. The van der Waals surface area contributed by atoms with E-state index in [-0.39, 0.29) is 34.6 Å². The van der Waals surface area contributed by atoms with Gasteiger partial charge in [0.05, 0.1) is 23.6 Å². The molecule has 0 saturated heterocycles. The van der Waals surface area contributed by atoms with Crippen LogP contribution in [0.3, 0.4) is 0 Å². The van der Waals surface area contributed by atoms with Crippen LogP contribution in [-0.4, -0.2) is 5.78 Å². The number of hydrogen-bond donors (Lipinski definition) is 1. The number of ketones is 1. The maximum atomic E-state index is 12.4. The maximum Gasteiger partial charge on any atom is 0.204 e. The Balaban J connectivity index is 2.62. The van der Waals surface area contributed by atoms with Crippen molar-refractivity contribution in [3.63, 3.8) is 0 Å². The minimum absolute atomic E-state index is 0.0186. The quantitative estimate of drug-likeness (QED) is 0.779. The second kappa shape index (κ2) is 4.96. The molecule has 0 aromatic rings. The third-order valence-electron chi connectivity index (χ3n) is 3.73. The summed E-state index contributed by atoms with van der Waals surface area (Å²) in [7, 11) is 0. The molecule has 1 unspecified atom stereocenters. The molecule has 1 atom stereocenters. The van der Waals surface area contributed by atoms with E-state index >= 15 is 0 Å². The standard InChI is InChI=1S/C15H14N4O2/c1-15(2)3-10(20)13-11(4-15)21-14(19)9(7-18)12(13)8(5-16)6-17/h8,12H,3-4,19H2,1-2H3. The van der Waals surface area contributed by atoms with Crippen molar-refractivity contribution in [1.29, 1.82) is 15.8 Å². The number of Topliss-reactive ketones (excluding diaryl/α,β-unsaturated/α-hetero) is 1. The summed E-state index contributed by atoms with van der Waals surface area (Å²) in [6.45, 7) is 3.86. The van der Waals surface area contributed by atoms with E-state index in [1.165, 1.54) is 0 Å². The van der Waals surface area contributed by atoms with Gasteiger partial charge in [0, 0.05) is 18.4 Å². The first kappa shape index (κ1) is 14.6. The fourth-order valence-electron chi connectivity index (χ4n) is 2.84. The second-order valence-corrected chi connectivity index (χ2v) is 5.98. The Labute approximate surface area is 122 Å². The summed E-state index contributed by atoms with van der Waals surface area (Å²) in [4.78, 5) is 12.4. The summed E-state index contributed by atoms with van der Waals surface area (Å²) in [6.07, 6.45) is 0.765. The van der Waals surface area contributed by atoms with Gasteiger partial charge in [0.2, 0.25) is 5.88 Å². The van der Waals surface area contributed by atoms with Gasteiger partial charge in [-0.2, -0.15) is 15.8 Å². The molecular formula is C15H14N4O2. The van der Waals surface area contributed by atoms with Crippen molar-refractivity contribution in [1.82, 2.24) is 0 Å². The third kappa shape index (κ3) is 2.35. The number of ether oxygens (including phenoxy) is 1. The molecule has 21 heavy (non-hydrogen) atoms. The van der Waals surface area contributed by atoms with E-state index < -0.39 is 11.8 Å². The number of hydrogen-bond acceptors (Lipinski definition) is 6. The molecule has 1 aliphatic heterocycles. The zero-order chi connectivity index (χ0) is 15.8. The van der Waals surface area contributed by atoms with Crippen LogP contribution in [0.4, 0.5) is 0 Å². The highest BCUT2D eigenvalue weighted by Crippen LogP contribution is 2.46. The molecule has 0 fully saturated rings. The molecule has 0 amide bonds. The molecule has 2 aliphatic rings. The molecule has 106 valence electrons. The first-order valence-corrected chi connectivity index (χ1v) is 6.47. The Morgan fingerprint density at radius 3 is 2.43 bits per heavy atom. The van der Waals surface area contributed by atoms with Gasteiger partial charge in [-0.25, -0.2) is 0 Å². The fourth-order valence-corrected chi connectivity index (χ4v) is 2.84. The zero-order valence-electron chi connectivity index (χ0n) is 11.8. The van der Waals surface area contributed by atoms with Gasteiger partial charge in [-0.1, -0.05) is 13.8 Å². The van der Waals surface area contributed by atoms with Gasteiger partial charge >= 0.3 is 0 Å². The number of carbonyl (C=O) groups excluding carboxylic acids is 1. The summed E-state index contributed by atoms with van der Waals surface area (Å²) < 4.78 is 5.44. The van der Waals surface area contributed by atoms with Crippen LogP contribution in [0.2, 0.25) is 0 Å². The Bertz CT molecular complexity index is 681. The van der Waals surface area contributed by atoms with Crippen LogP contribution in [-0.2, 0) is 9.53 Å². The summed E-state index contributed by atoms with van der Waals surface area (Å²) in [5.74, 6) is -1.99. The van der Waals surface area contributed by atoms with E-state index in [0.717, 1.165) is 0 Å². The Hall–Kier alpha value is -2.78. The molecule has 0 radical (unpaired) electrons. The van der Waals surface area contributed by atoms with Crippen LogP contribution in [0.5, 0.6) is 0 Å². The summed E-state index contributed by atoms with van der Waals surface area (Å²) in [6, 6.07) is 5.54. The molecule has 1 aliphatic carbocycles. The van der Waals surface area contributed by atoms with E-state index in [9.17, 15) is 10.1 Å². The normalized spacial score (nSPS) is 23.8. The van der Waals surface area contributed by atoms with Crippen LogP contribution >= 0.6 is 0 Å². The van der Waals surface area contributed by atoms with E-state index in [2.05, 4.69) is 0 Å². The van der Waals surface area contributed by atoms with E-state index in [1.54, 1.807) is 0 Å². The van der Waals surface area contributed by atoms with Crippen LogP contribution in [0.1, 0.15) is 26.7 Å². The highest BCUT2D eigenvalue weighted by atomic mass is 16.5. The van der Waals surface area contributed by atoms with Crippen molar-refractivity contribution >= 4 is 5.78 Å². The van der Waals surface area contributed by atoms with Gasteiger partial charge in [0.25, 0.3) is 0 Å². The largest absolute Gasteiger partial charge is 0.444 e. The molecule has 2 rings (SSSR count). The van der Waals surface area contributed by atoms with Crippen molar-refractivity contribution < 1.29 is 9.53 Å². The van der Waals surface area contributed by atoms with Crippen molar-refractivity contribution in [3.8, 4) is 18.2 Å². The van der Waals surface area contributed by atoms with E-state index in [1.807, 2.05) is 32.1 Å². The highest BCUT2D eigenvalue weighted by Gasteiger charge is 2.45. The number of nitriles is 3. The van der Waals surface area contributed by atoms with Crippen LogP contribution in [0.25, 0.3) is 0 Å². The summed E-state index contributed by atoms with van der Waals surface area (Å²) >= 11 is 0. The minimum Gasteiger partial charge on any atom is -0.444 e. The molecule has 0 spiro atoms. The summed E-state index contributed by atoms with van der Waals surface area (Å²) in [5.41, 5.74) is 5.70. The third-order valence-corrected chi connectivity index (χ3v) is 3.73. The Kier molecular flexibility index (Phi) is 3.45. The maximum absolute atomic E-state index is 12.4. The van der Waals surface area contributed by atoms with E-state index in [4.69, 9.17) is 21.0 Å². The minimum atomic E-state index is -1.14. The number of allylic oxidation sites excluding steroid dienone is 3. The molecule has 0 bridgehead atoms. The lowest BCUT2D eigenvalue weighted by atomic mass is 9.69. The molecular weight excluding hydrogens is 268 g/mol. The molecule has 0 aromatic carbocycles. The second-order valence-electron chi connectivity index (χ2n) is 5.98. The molecule has 6 nitrogen and oxygen atoms in total. The topological polar surface area (TPSA) is 124 Å². The number of nitrogens with zero attached hydrogens (tertiary/aromatic N) is 3.